The Bertz CT molecular complexity index is 1530. The van der Waals surface area contributed by atoms with E-state index in [0.29, 0.717) is 53.4 Å². The Morgan fingerprint density at radius 3 is 2.46 bits per heavy atom. The molecule has 12 heteroatoms. The van der Waals surface area contributed by atoms with E-state index >= 15 is 0 Å². The fourth-order valence-electron chi connectivity index (χ4n) is 5.61. The van der Waals surface area contributed by atoms with E-state index in [1.165, 1.54) is 24.3 Å². The smallest absolute Gasteiger partial charge is 0.323 e. The Balaban J connectivity index is 1.58. The van der Waals surface area contributed by atoms with Gasteiger partial charge in [-0.05, 0) is 100 Å². The van der Waals surface area contributed by atoms with Gasteiger partial charge in [0.25, 0.3) is 5.91 Å². The van der Waals surface area contributed by atoms with E-state index in [1.54, 1.807) is 36.1 Å². The van der Waals surface area contributed by atoms with Gasteiger partial charge >= 0.3 is 6.03 Å². The number of nitrogens with zero attached hydrogens (tertiary/aromatic N) is 2. The number of urea groups is 1. The number of benzene rings is 3. The maximum absolute atomic E-state index is 14.3. The third kappa shape index (κ3) is 10.8. The van der Waals surface area contributed by atoms with E-state index in [9.17, 15) is 19.1 Å². The number of fused-ring (bicyclic) bond motifs is 1. The van der Waals surface area contributed by atoms with Gasteiger partial charge in [-0.15, -0.1) is 0 Å². The van der Waals surface area contributed by atoms with Gasteiger partial charge in [-0.1, -0.05) is 36.2 Å². The lowest BCUT2D eigenvalue weighted by Crippen LogP contribution is -2.47. The maximum Gasteiger partial charge on any atom is 0.323 e. The van der Waals surface area contributed by atoms with Crippen molar-refractivity contribution in [2.24, 2.45) is 5.92 Å². The average molecular weight is 704 g/mol. The second kappa shape index (κ2) is 17.8. The molecule has 9 nitrogen and oxygen atoms in total. The molecule has 0 aliphatic carbocycles. The van der Waals surface area contributed by atoms with Crippen LogP contribution in [0.5, 0.6) is 5.75 Å². The van der Waals surface area contributed by atoms with Crippen molar-refractivity contribution < 1.29 is 28.6 Å². The minimum atomic E-state index is -0.552. The number of aliphatic hydroxyl groups excluding tert-OH is 1. The number of anilines is 2. The summed E-state index contributed by atoms with van der Waals surface area (Å²) in [4.78, 5) is 30.9. The third-order valence-electron chi connectivity index (χ3n) is 8.34. The second-order valence-corrected chi connectivity index (χ2v) is 13.4. The number of carbonyl (C=O) groups excluding carboxylic acids is 2. The van der Waals surface area contributed by atoms with Gasteiger partial charge in [0.15, 0.2) is 0 Å². The maximum atomic E-state index is 14.3. The standard InChI is InChI=1S/C36H45Cl2FN4O5/c1-23-19-43(24(2)22-44)35(45)30-18-29(41-36(46)40-28-11-9-27(39)10-12-28)13-15-33(30)48-25(3)7-5-6-16-47-34(23)21-42(4)20-26-8-14-31(37)32(38)17-26/h8-15,17-18,23-25,34,44H,5-7,16,19-22H2,1-4H3,(H2,40,41,46)/t23-,24-,25+,34+/m1/s1. The highest BCUT2D eigenvalue weighted by atomic mass is 35.5. The average Bonchev–Trinajstić information content (AvgIpc) is 3.05. The molecule has 3 amide bonds. The zero-order valence-electron chi connectivity index (χ0n) is 27.8. The van der Waals surface area contributed by atoms with Crippen molar-refractivity contribution in [3.63, 3.8) is 0 Å². The molecule has 1 aliphatic heterocycles. The number of aliphatic hydroxyl groups is 1. The molecular formula is C36H45Cl2FN4O5. The number of hydrogen-bond donors (Lipinski definition) is 3. The predicted octanol–water partition coefficient (Wildman–Crippen LogP) is 7.70. The molecule has 4 rings (SSSR count). The van der Waals surface area contributed by atoms with Gasteiger partial charge in [-0.25, -0.2) is 9.18 Å². The van der Waals surface area contributed by atoms with E-state index < -0.39 is 17.9 Å². The minimum Gasteiger partial charge on any atom is -0.490 e. The predicted molar refractivity (Wildman–Crippen MR) is 189 cm³/mol. The molecule has 48 heavy (non-hydrogen) atoms. The molecule has 0 saturated heterocycles. The normalized spacial score (nSPS) is 20.0. The first-order valence-electron chi connectivity index (χ1n) is 16.2. The molecule has 260 valence electrons. The minimum absolute atomic E-state index is 0.103. The Morgan fingerprint density at radius 2 is 1.75 bits per heavy atom. The quantitative estimate of drug-likeness (QED) is 0.222. The van der Waals surface area contributed by atoms with Crippen LogP contribution < -0.4 is 15.4 Å². The summed E-state index contributed by atoms with van der Waals surface area (Å²) in [6, 6.07) is 14.9. The van der Waals surface area contributed by atoms with E-state index in [2.05, 4.69) is 15.5 Å². The van der Waals surface area contributed by atoms with Crippen molar-refractivity contribution in [1.82, 2.24) is 9.80 Å². The summed E-state index contributed by atoms with van der Waals surface area (Å²) < 4.78 is 26.1. The Labute approximate surface area is 292 Å². The Kier molecular flexibility index (Phi) is 13.9. The lowest BCUT2D eigenvalue weighted by Gasteiger charge is -2.36. The number of amides is 3. The molecule has 3 aromatic carbocycles. The highest BCUT2D eigenvalue weighted by molar-refractivity contribution is 6.42. The number of ether oxygens (including phenoxy) is 2. The summed E-state index contributed by atoms with van der Waals surface area (Å²) in [5, 5.41) is 16.6. The molecule has 3 aromatic rings. The topological polar surface area (TPSA) is 103 Å². The molecule has 0 spiro atoms. The van der Waals surface area contributed by atoms with Crippen molar-refractivity contribution in [3.05, 3.63) is 87.7 Å². The van der Waals surface area contributed by atoms with Crippen molar-refractivity contribution in [2.75, 3.05) is 44.0 Å². The fourth-order valence-corrected chi connectivity index (χ4v) is 5.93. The van der Waals surface area contributed by atoms with Crippen LogP contribution >= 0.6 is 23.2 Å². The Hall–Kier alpha value is -3.41. The highest BCUT2D eigenvalue weighted by Crippen LogP contribution is 2.29. The molecule has 0 aromatic heterocycles. The summed E-state index contributed by atoms with van der Waals surface area (Å²) in [7, 11) is 2.01. The number of likely N-dealkylation sites (N-methyl/N-ethyl adjacent to an activating group) is 1. The lowest BCUT2D eigenvalue weighted by atomic mass is 10.0. The van der Waals surface area contributed by atoms with Crippen LogP contribution in [0.1, 0.15) is 56.0 Å². The largest absolute Gasteiger partial charge is 0.490 e. The van der Waals surface area contributed by atoms with Crippen LogP contribution in [0.2, 0.25) is 10.0 Å². The van der Waals surface area contributed by atoms with Crippen LogP contribution in [0.15, 0.2) is 60.7 Å². The zero-order chi connectivity index (χ0) is 34.8. The molecule has 3 N–H and O–H groups in total. The molecular weight excluding hydrogens is 658 g/mol. The Morgan fingerprint density at radius 1 is 1.04 bits per heavy atom. The summed E-state index contributed by atoms with van der Waals surface area (Å²) in [5.74, 6) is -0.462. The van der Waals surface area contributed by atoms with Gasteiger partial charge in [0.05, 0.1) is 40.5 Å². The fraction of sp³-hybridized carbons (Fsp3) is 0.444. The van der Waals surface area contributed by atoms with Gasteiger partial charge in [0, 0.05) is 43.5 Å². The first-order valence-corrected chi connectivity index (χ1v) is 17.0. The summed E-state index contributed by atoms with van der Waals surface area (Å²) in [6.07, 6.45) is 2.09. The first kappa shape index (κ1) is 37.4. The SMILES string of the molecule is C[C@@H]1CN([C@H](C)CO)C(=O)c2cc(NC(=O)Nc3ccc(F)cc3)ccc2O[C@@H](C)CCCCO[C@H]1CN(C)Cc1ccc(Cl)c(Cl)c1. The summed E-state index contributed by atoms with van der Waals surface area (Å²) in [5.41, 5.74) is 2.07. The van der Waals surface area contributed by atoms with Crippen LogP contribution in [0.4, 0.5) is 20.6 Å². The van der Waals surface area contributed by atoms with Crippen molar-refractivity contribution in [3.8, 4) is 5.75 Å². The van der Waals surface area contributed by atoms with Crippen LogP contribution in [0.3, 0.4) is 0 Å². The molecule has 0 radical (unpaired) electrons. The van der Waals surface area contributed by atoms with Crippen molar-refractivity contribution in [1.29, 1.82) is 0 Å². The summed E-state index contributed by atoms with van der Waals surface area (Å²) >= 11 is 12.4. The third-order valence-corrected chi connectivity index (χ3v) is 9.08. The second-order valence-electron chi connectivity index (χ2n) is 12.5. The van der Waals surface area contributed by atoms with Crippen LogP contribution in [0, 0.1) is 11.7 Å². The molecule has 0 unspecified atom stereocenters. The van der Waals surface area contributed by atoms with Gasteiger partial charge < -0.3 is 30.1 Å². The van der Waals surface area contributed by atoms with Gasteiger partial charge in [0.2, 0.25) is 0 Å². The highest BCUT2D eigenvalue weighted by Gasteiger charge is 2.30. The first-order chi connectivity index (χ1) is 22.9. The van der Waals surface area contributed by atoms with E-state index in [4.69, 9.17) is 32.7 Å². The number of hydrogen-bond acceptors (Lipinski definition) is 6. The van der Waals surface area contributed by atoms with Crippen LogP contribution in [0.25, 0.3) is 0 Å². The van der Waals surface area contributed by atoms with Gasteiger partial charge in [-0.3, -0.25) is 9.69 Å². The van der Waals surface area contributed by atoms with Crippen molar-refractivity contribution in [2.45, 2.75) is 64.8 Å². The molecule has 0 bridgehead atoms. The molecule has 4 atom stereocenters. The zero-order valence-corrected chi connectivity index (χ0v) is 29.4. The number of nitrogens with one attached hydrogen (secondary N) is 2. The number of rotatable bonds is 8. The molecule has 0 saturated carbocycles. The number of halogens is 3. The van der Waals surface area contributed by atoms with E-state index in [0.717, 1.165) is 24.8 Å². The van der Waals surface area contributed by atoms with Crippen LogP contribution in [-0.4, -0.2) is 78.4 Å². The number of carbonyl (C=O) groups is 2. The lowest BCUT2D eigenvalue weighted by molar-refractivity contribution is -0.0177. The van der Waals surface area contributed by atoms with Gasteiger partial charge in [0.1, 0.15) is 11.6 Å². The van der Waals surface area contributed by atoms with Crippen LogP contribution in [-0.2, 0) is 11.3 Å². The summed E-state index contributed by atoms with van der Waals surface area (Å²) in [6.45, 7) is 7.66. The molecule has 1 heterocycles. The molecule has 1 aliphatic rings. The van der Waals surface area contributed by atoms with Crippen molar-refractivity contribution >= 4 is 46.5 Å². The van der Waals surface area contributed by atoms with E-state index in [1.807, 2.05) is 33.0 Å². The monoisotopic (exact) mass is 702 g/mol. The van der Waals surface area contributed by atoms with Gasteiger partial charge in [-0.2, -0.15) is 0 Å². The van der Waals surface area contributed by atoms with E-state index in [-0.39, 0.29) is 36.2 Å². The molecule has 0 fully saturated rings.